The van der Waals surface area contributed by atoms with E-state index in [0.29, 0.717) is 0 Å². The van der Waals surface area contributed by atoms with Gasteiger partial charge in [-0.1, -0.05) is 11.6 Å². The molecule has 1 amide bonds. The van der Waals surface area contributed by atoms with Gasteiger partial charge < -0.3 is 5.32 Å². The molecule has 0 aliphatic carbocycles. The fraction of sp³-hybridized carbons (Fsp3) is 0.417. The molecule has 0 unspecified atom stereocenters. The molecule has 1 heterocycles. The molecule has 0 aromatic heterocycles. The second-order valence-electron chi connectivity index (χ2n) is 4.78. The summed E-state index contributed by atoms with van der Waals surface area (Å²) in [5.41, 5.74) is -1.12. The van der Waals surface area contributed by atoms with Crippen LogP contribution in [0, 0.1) is 5.92 Å². The van der Waals surface area contributed by atoms with Crippen LogP contribution in [0.5, 0.6) is 0 Å². The van der Waals surface area contributed by atoms with Crippen molar-refractivity contribution in [3.05, 3.63) is 28.8 Å². The third-order valence-electron chi connectivity index (χ3n) is 3.14. The zero-order valence-corrected chi connectivity index (χ0v) is 12.1. The van der Waals surface area contributed by atoms with Crippen molar-refractivity contribution >= 4 is 33.0 Å². The third-order valence-corrected chi connectivity index (χ3v) is 5.24. The Morgan fingerprint density at radius 3 is 2.52 bits per heavy atom. The number of amides is 1. The van der Waals surface area contributed by atoms with Crippen LogP contribution in [0.3, 0.4) is 0 Å². The standard InChI is InChI=1S/C12H11ClF3NO3S/c13-10-2-1-8(5-9(10)12(14,15)16)17-11(18)7-3-4-21(19,20)6-7/h1-2,5,7H,3-4,6H2,(H,17,18)/t7-/m1/s1. The van der Waals surface area contributed by atoms with E-state index in [0.717, 1.165) is 12.1 Å². The van der Waals surface area contributed by atoms with Crippen molar-refractivity contribution in [3.8, 4) is 0 Å². The molecule has 1 fully saturated rings. The summed E-state index contributed by atoms with van der Waals surface area (Å²) < 4.78 is 60.6. The molecule has 0 bridgehead atoms. The molecule has 9 heteroatoms. The molecule has 1 aliphatic heterocycles. The summed E-state index contributed by atoms with van der Waals surface area (Å²) in [6, 6.07) is 2.99. The zero-order valence-electron chi connectivity index (χ0n) is 10.6. The van der Waals surface area contributed by atoms with Gasteiger partial charge in [-0.3, -0.25) is 4.79 Å². The molecule has 1 aromatic carbocycles. The average Bonchev–Trinajstić information content (AvgIpc) is 2.71. The number of carbonyl (C=O) groups excluding carboxylic acids is 1. The van der Waals surface area contributed by atoms with Gasteiger partial charge >= 0.3 is 6.18 Å². The van der Waals surface area contributed by atoms with Gasteiger partial charge in [-0.05, 0) is 24.6 Å². The number of halogens is 4. The number of alkyl halides is 3. The van der Waals surface area contributed by atoms with Crippen molar-refractivity contribution in [2.24, 2.45) is 5.92 Å². The molecule has 0 radical (unpaired) electrons. The predicted molar refractivity (Wildman–Crippen MR) is 71.8 cm³/mol. The number of benzene rings is 1. The zero-order chi connectivity index (χ0) is 15.8. The number of hydrogen-bond donors (Lipinski definition) is 1. The van der Waals surface area contributed by atoms with Crippen LogP contribution in [0.4, 0.5) is 18.9 Å². The normalized spacial score (nSPS) is 21.2. The smallest absolute Gasteiger partial charge is 0.326 e. The first-order chi connectivity index (χ1) is 9.58. The Morgan fingerprint density at radius 2 is 2.00 bits per heavy atom. The van der Waals surface area contributed by atoms with Crippen molar-refractivity contribution in [2.75, 3.05) is 16.8 Å². The van der Waals surface area contributed by atoms with Crippen molar-refractivity contribution < 1.29 is 26.4 Å². The summed E-state index contributed by atoms with van der Waals surface area (Å²) in [6.45, 7) is 0. The van der Waals surface area contributed by atoms with Gasteiger partial charge in [-0.2, -0.15) is 13.2 Å². The lowest BCUT2D eigenvalue weighted by atomic mass is 10.1. The average molecular weight is 342 g/mol. The Bertz CT molecular complexity index is 673. The van der Waals surface area contributed by atoms with E-state index in [2.05, 4.69) is 5.32 Å². The van der Waals surface area contributed by atoms with E-state index in [1.165, 1.54) is 6.07 Å². The molecule has 1 aromatic rings. The summed E-state index contributed by atoms with van der Waals surface area (Å²) >= 11 is 5.47. The van der Waals surface area contributed by atoms with Crippen molar-refractivity contribution in [3.63, 3.8) is 0 Å². The highest BCUT2D eigenvalue weighted by Crippen LogP contribution is 2.36. The highest BCUT2D eigenvalue weighted by molar-refractivity contribution is 7.91. The van der Waals surface area contributed by atoms with Gasteiger partial charge in [-0.15, -0.1) is 0 Å². The first kappa shape index (κ1) is 16.1. The molecule has 1 aliphatic rings. The van der Waals surface area contributed by atoms with Gasteiger partial charge in [0.1, 0.15) is 0 Å². The van der Waals surface area contributed by atoms with Crippen molar-refractivity contribution in [1.29, 1.82) is 0 Å². The second kappa shape index (κ2) is 5.49. The summed E-state index contributed by atoms with van der Waals surface area (Å²) in [6.07, 6.45) is -4.46. The fourth-order valence-electron chi connectivity index (χ4n) is 2.07. The van der Waals surface area contributed by atoms with Crippen LogP contribution in [0.2, 0.25) is 5.02 Å². The Balaban J connectivity index is 2.15. The van der Waals surface area contributed by atoms with Gasteiger partial charge in [0.25, 0.3) is 0 Å². The SMILES string of the molecule is O=C(Nc1ccc(Cl)c(C(F)(F)F)c1)[C@@H]1CCS(=O)(=O)C1. The lowest BCUT2D eigenvalue weighted by molar-refractivity contribution is -0.137. The molecule has 4 nitrogen and oxygen atoms in total. The lowest BCUT2D eigenvalue weighted by Crippen LogP contribution is -2.24. The van der Waals surface area contributed by atoms with Gasteiger partial charge in [0.05, 0.1) is 28.0 Å². The molecule has 21 heavy (non-hydrogen) atoms. The Hall–Kier alpha value is -1.28. The molecule has 1 saturated heterocycles. The van der Waals surface area contributed by atoms with Crippen LogP contribution >= 0.6 is 11.6 Å². The second-order valence-corrected chi connectivity index (χ2v) is 7.42. The van der Waals surface area contributed by atoms with Crippen LogP contribution in [0.1, 0.15) is 12.0 Å². The van der Waals surface area contributed by atoms with E-state index in [4.69, 9.17) is 11.6 Å². The van der Waals surface area contributed by atoms with E-state index < -0.39 is 38.4 Å². The Morgan fingerprint density at radius 1 is 1.33 bits per heavy atom. The van der Waals surface area contributed by atoms with Crippen LogP contribution < -0.4 is 5.32 Å². The van der Waals surface area contributed by atoms with Gasteiger partial charge in [0.15, 0.2) is 9.84 Å². The number of nitrogens with one attached hydrogen (secondary N) is 1. The van der Waals surface area contributed by atoms with E-state index in [1.54, 1.807) is 0 Å². The molecule has 0 spiro atoms. The van der Waals surface area contributed by atoms with Gasteiger partial charge in [0.2, 0.25) is 5.91 Å². The largest absolute Gasteiger partial charge is 0.417 e. The van der Waals surface area contributed by atoms with E-state index in [-0.39, 0.29) is 23.6 Å². The minimum Gasteiger partial charge on any atom is -0.326 e. The van der Waals surface area contributed by atoms with Crippen molar-refractivity contribution in [1.82, 2.24) is 0 Å². The summed E-state index contributed by atoms with van der Waals surface area (Å²) in [7, 11) is -3.23. The molecular formula is C12H11ClF3NO3S. The van der Waals surface area contributed by atoms with E-state index in [1.807, 2.05) is 0 Å². The van der Waals surface area contributed by atoms with E-state index in [9.17, 15) is 26.4 Å². The highest BCUT2D eigenvalue weighted by atomic mass is 35.5. The third kappa shape index (κ3) is 3.88. The highest BCUT2D eigenvalue weighted by Gasteiger charge is 2.35. The van der Waals surface area contributed by atoms with Gasteiger partial charge in [-0.25, -0.2) is 8.42 Å². The minimum absolute atomic E-state index is 0.0685. The first-order valence-corrected chi connectivity index (χ1v) is 8.16. The molecule has 1 N–H and O–H groups in total. The van der Waals surface area contributed by atoms with Crippen LogP contribution in [-0.4, -0.2) is 25.8 Å². The van der Waals surface area contributed by atoms with Gasteiger partial charge in [0, 0.05) is 5.69 Å². The minimum atomic E-state index is -4.63. The van der Waals surface area contributed by atoms with Crippen LogP contribution in [0.15, 0.2) is 18.2 Å². The van der Waals surface area contributed by atoms with E-state index >= 15 is 0 Å². The maximum atomic E-state index is 12.7. The predicted octanol–water partition coefficient (Wildman–Crippen LogP) is 2.73. The lowest BCUT2D eigenvalue weighted by Gasteiger charge is -2.13. The molecule has 1 atom stereocenters. The molecule has 2 rings (SSSR count). The quantitative estimate of drug-likeness (QED) is 0.899. The molecule has 116 valence electrons. The fourth-order valence-corrected chi connectivity index (χ4v) is 4.03. The number of rotatable bonds is 2. The van der Waals surface area contributed by atoms with Crippen LogP contribution in [0.25, 0.3) is 0 Å². The van der Waals surface area contributed by atoms with Crippen molar-refractivity contribution in [2.45, 2.75) is 12.6 Å². The Kier molecular flexibility index (Phi) is 4.21. The molecule has 0 saturated carbocycles. The summed E-state index contributed by atoms with van der Waals surface area (Å²) in [5.74, 6) is -1.70. The summed E-state index contributed by atoms with van der Waals surface area (Å²) in [4.78, 5) is 11.9. The topological polar surface area (TPSA) is 63.2 Å². The maximum Gasteiger partial charge on any atom is 0.417 e. The van der Waals surface area contributed by atoms with Crippen LogP contribution in [-0.2, 0) is 20.8 Å². The Labute approximate surface area is 124 Å². The first-order valence-electron chi connectivity index (χ1n) is 5.96. The number of sulfone groups is 1. The number of carbonyl (C=O) groups is 1. The summed E-state index contributed by atoms with van der Waals surface area (Å²) in [5, 5.41) is 1.83. The number of hydrogen-bond acceptors (Lipinski definition) is 3. The molecular weight excluding hydrogens is 331 g/mol. The monoisotopic (exact) mass is 341 g/mol. The number of anilines is 1. The maximum absolute atomic E-state index is 12.7.